The minimum Gasteiger partial charge on any atom is -0.394 e. The van der Waals surface area contributed by atoms with Gasteiger partial charge in [0.15, 0.2) is 5.82 Å². The summed E-state index contributed by atoms with van der Waals surface area (Å²) in [6.07, 6.45) is 4.57. The Kier molecular flexibility index (Phi) is 2.22. The van der Waals surface area contributed by atoms with E-state index in [0.29, 0.717) is 5.69 Å². The number of aromatic nitrogens is 4. The predicted molar refractivity (Wildman–Crippen MR) is 58.9 cm³/mol. The lowest BCUT2D eigenvalue weighted by atomic mass is 10.3. The molecule has 0 saturated heterocycles. The highest BCUT2D eigenvalue weighted by atomic mass is 15.4. The van der Waals surface area contributed by atoms with Gasteiger partial charge >= 0.3 is 0 Å². The van der Waals surface area contributed by atoms with E-state index in [1.807, 2.05) is 27.1 Å². The maximum Gasteiger partial charge on any atom is 0.175 e. The molecule has 2 heterocycles. The number of nitrogens with two attached hydrogens (primary N) is 1. The summed E-state index contributed by atoms with van der Waals surface area (Å²) in [6, 6.07) is 0. The summed E-state index contributed by atoms with van der Waals surface area (Å²) >= 11 is 0. The molecule has 0 unspecified atom stereocenters. The van der Waals surface area contributed by atoms with Crippen LogP contribution in [0.2, 0.25) is 0 Å². The molecular formula is C10H15N5. The van der Waals surface area contributed by atoms with E-state index in [9.17, 15) is 0 Å². The van der Waals surface area contributed by atoms with Crippen molar-refractivity contribution in [3.05, 3.63) is 23.7 Å². The van der Waals surface area contributed by atoms with Crippen molar-refractivity contribution in [3.63, 3.8) is 0 Å². The van der Waals surface area contributed by atoms with Gasteiger partial charge in [0.1, 0.15) is 5.69 Å². The molecule has 0 fully saturated rings. The molecule has 0 aliphatic rings. The number of rotatable bonds is 2. The fourth-order valence-corrected chi connectivity index (χ4v) is 1.65. The van der Waals surface area contributed by atoms with Crippen LogP contribution in [0.4, 0.5) is 5.69 Å². The first-order valence-electron chi connectivity index (χ1n) is 4.96. The molecule has 0 spiro atoms. The van der Waals surface area contributed by atoms with E-state index in [2.05, 4.69) is 10.2 Å². The maximum atomic E-state index is 6.01. The molecule has 0 atom stereocenters. The Hall–Kier alpha value is -1.78. The second-order valence-corrected chi connectivity index (χ2v) is 3.62. The lowest BCUT2D eigenvalue weighted by Crippen LogP contribution is -2.05. The lowest BCUT2D eigenvalue weighted by molar-refractivity contribution is 0.690. The third kappa shape index (κ3) is 1.49. The molecule has 80 valence electrons. The number of nitrogens with zero attached hydrogens (tertiary/aromatic N) is 4. The first-order chi connectivity index (χ1) is 7.13. The molecule has 0 saturated carbocycles. The molecule has 0 aliphatic carbocycles. The third-order valence-electron chi connectivity index (χ3n) is 2.39. The van der Waals surface area contributed by atoms with Crippen molar-refractivity contribution in [2.45, 2.75) is 20.3 Å². The minimum atomic E-state index is 0.711. The van der Waals surface area contributed by atoms with E-state index in [1.54, 1.807) is 15.6 Å². The van der Waals surface area contributed by atoms with E-state index >= 15 is 0 Å². The summed E-state index contributed by atoms with van der Waals surface area (Å²) in [5.41, 5.74) is 8.75. The van der Waals surface area contributed by atoms with Crippen molar-refractivity contribution in [2.75, 3.05) is 5.73 Å². The van der Waals surface area contributed by atoms with Gasteiger partial charge in [-0.25, -0.2) is 9.36 Å². The van der Waals surface area contributed by atoms with E-state index < -0.39 is 0 Å². The molecule has 0 radical (unpaired) electrons. The largest absolute Gasteiger partial charge is 0.394 e. The zero-order valence-electron chi connectivity index (χ0n) is 9.23. The molecule has 2 aromatic heterocycles. The molecule has 2 rings (SSSR count). The van der Waals surface area contributed by atoms with Gasteiger partial charge in [0, 0.05) is 13.2 Å². The van der Waals surface area contributed by atoms with Crippen molar-refractivity contribution in [3.8, 4) is 5.82 Å². The monoisotopic (exact) mass is 205 g/mol. The molecule has 5 nitrogen and oxygen atoms in total. The molecular weight excluding hydrogens is 190 g/mol. The van der Waals surface area contributed by atoms with Gasteiger partial charge in [-0.2, -0.15) is 10.2 Å². The predicted octanol–water partition coefficient (Wildman–Crippen LogP) is 1.06. The number of anilines is 1. The van der Waals surface area contributed by atoms with E-state index in [4.69, 9.17) is 5.73 Å². The summed E-state index contributed by atoms with van der Waals surface area (Å²) in [6.45, 7) is 4.04. The number of nitrogen functional groups attached to an aromatic ring is 1. The van der Waals surface area contributed by atoms with E-state index in [0.717, 1.165) is 23.5 Å². The van der Waals surface area contributed by atoms with Crippen LogP contribution in [0.15, 0.2) is 12.4 Å². The Morgan fingerprint density at radius 1 is 1.47 bits per heavy atom. The summed E-state index contributed by atoms with van der Waals surface area (Å²) in [5, 5.41) is 8.58. The number of hydrogen-bond acceptors (Lipinski definition) is 3. The first kappa shape index (κ1) is 9.76. The zero-order chi connectivity index (χ0) is 11.0. The van der Waals surface area contributed by atoms with Crippen molar-refractivity contribution < 1.29 is 0 Å². The van der Waals surface area contributed by atoms with E-state index in [1.165, 1.54) is 0 Å². The highest BCUT2D eigenvalue weighted by molar-refractivity contribution is 5.57. The van der Waals surface area contributed by atoms with Crippen LogP contribution in [0.3, 0.4) is 0 Å². The van der Waals surface area contributed by atoms with Crippen LogP contribution in [-0.4, -0.2) is 19.6 Å². The molecule has 0 amide bonds. The Labute approximate surface area is 88.5 Å². The van der Waals surface area contributed by atoms with Crippen LogP contribution < -0.4 is 5.73 Å². The zero-order valence-corrected chi connectivity index (χ0v) is 9.23. The number of aryl methyl sites for hydroxylation is 3. The van der Waals surface area contributed by atoms with Crippen LogP contribution in [0.25, 0.3) is 5.82 Å². The SMILES string of the molecule is CCc1nn(C)c(-n2cc(C)cn2)c1N. The smallest absolute Gasteiger partial charge is 0.175 e. The normalized spacial score (nSPS) is 10.9. The second-order valence-electron chi connectivity index (χ2n) is 3.62. The third-order valence-corrected chi connectivity index (χ3v) is 2.39. The fourth-order valence-electron chi connectivity index (χ4n) is 1.65. The molecule has 0 bridgehead atoms. The second kappa shape index (κ2) is 3.42. The topological polar surface area (TPSA) is 61.7 Å². The molecule has 15 heavy (non-hydrogen) atoms. The molecule has 0 aromatic carbocycles. The van der Waals surface area contributed by atoms with Crippen LogP contribution >= 0.6 is 0 Å². The van der Waals surface area contributed by atoms with E-state index in [-0.39, 0.29) is 0 Å². The Morgan fingerprint density at radius 3 is 2.67 bits per heavy atom. The van der Waals surface area contributed by atoms with Gasteiger partial charge in [-0.15, -0.1) is 0 Å². The first-order valence-corrected chi connectivity index (χ1v) is 4.96. The van der Waals surface area contributed by atoms with Crippen LogP contribution in [0.1, 0.15) is 18.2 Å². The van der Waals surface area contributed by atoms with Gasteiger partial charge in [0.2, 0.25) is 0 Å². The summed E-state index contributed by atoms with van der Waals surface area (Å²) in [7, 11) is 1.88. The fraction of sp³-hybridized carbons (Fsp3) is 0.400. The highest BCUT2D eigenvalue weighted by Gasteiger charge is 2.13. The Morgan fingerprint density at radius 2 is 2.20 bits per heavy atom. The van der Waals surface area contributed by atoms with Crippen LogP contribution in [-0.2, 0) is 13.5 Å². The molecule has 2 N–H and O–H groups in total. The maximum absolute atomic E-state index is 6.01. The Balaban J connectivity index is 2.57. The molecule has 2 aromatic rings. The van der Waals surface area contributed by atoms with Gasteiger partial charge in [-0.1, -0.05) is 6.92 Å². The molecule has 5 heteroatoms. The van der Waals surface area contributed by atoms with Crippen molar-refractivity contribution >= 4 is 5.69 Å². The van der Waals surface area contributed by atoms with Crippen molar-refractivity contribution in [1.29, 1.82) is 0 Å². The van der Waals surface area contributed by atoms with Gasteiger partial charge in [-0.05, 0) is 18.9 Å². The minimum absolute atomic E-state index is 0.711. The average molecular weight is 205 g/mol. The highest BCUT2D eigenvalue weighted by Crippen LogP contribution is 2.20. The average Bonchev–Trinajstić information content (AvgIpc) is 2.71. The summed E-state index contributed by atoms with van der Waals surface area (Å²) in [5.74, 6) is 0.833. The van der Waals surface area contributed by atoms with Gasteiger partial charge in [-0.3, -0.25) is 0 Å². The standard InChI is InChI=1S/C10H15N5/c1-4-8-9(11)10(14(3)13-8)15-6-7(2)5-12-15/h5-6H,4,11H2,1-3H3. The Bertz CT molecular complexity index is 480. The number of hydrogen-bond donors (Lipinski definition) is 1. The quantitative estimate of drug-likeness (QED) is 0.797. The summed E-state index contributed by atoms with van der Waals surface area (Å²) in [4.78, 5) is 0. The van der Waals surface area contributed by atoms with Gasteiger partial charge in [0.25, 0.3) is 0 Å². The van der Waals surface area contributed by atoms with Crippen molar-refractivity contribution in [2.24, 2.45) is 7.05 Å². The van der Waals surface area contributed by atoms with Crippen molar-refractivity contribution in [1.82, 2.24) is 19.6 Å². The van der Waals surface area contributed by atoms with Crippen LogP contribution in [0.5, 0.6) is 0 Å². The molecule has 0 aliphatic heterocycles. The van der Waals surface area contributed by atoms with Gasteiger partial charge in [0.05, 0.1) is 11.9 Å². The summed E-state index contributed by atoms with van der Waals surface area (Å²) < 4.78 is 3.53. The lowest BCUT2D eigenvalue weighted by Gasteiger charge is -2.02. The van der Waals surface area contributed by atoms with Gasteiger partial charge < -0.3 is 5.73 Å². The van der Waals surface area contributed by atoms with Crippen LogP contribution in [0, 0.1) is 6.92 Å².